The fraction of sp³-hybridized carbons (Fsp3) is 1.00. The molecule has 0 rings (SSSR count). The molecule has 27 heavy (non-hydrogen) atoms. The molecule has 0 heterocycles. The molecule has 0 saturated heterocycles. The smallest absolute Gasteiger partial charge is 0.0781 e. The average molecular weight is 389 g/mol. The van der Waals surface area contributed by atoms with Crippen LogP contribution >= 0.6 is 0 Å². The van der Waals surface area contributed by atoms with Crippen molar-refractivity contribution in [3.8, 4) is 0 Å². The quantitative estimate of drug-likeness (QED) is 0.367. The van der Waals surface area contributed by atoms with E-state index in [0.29, 0.717) is 19.8 Å². The molecule has 0 saturated carbocycles. The third-order valence-corrected chi connectivity index (χ3v) is 5.18. The molecule has 0 aliphatic rings. The van der Waals surface area contributed by atoms with E-state index in [1.165, 1.54) is 25.7 Å². The Labute approximate surface area is 168 Å². The molecule has 0 aromatic heterocycles. The van der Waals surface area contributed by atoms with Gasteiger partial charge in [0.25, 0.3) is 0 Å². The summed E-state index contributed by atoms with van der Waals surface area (Å²) in [5.41, 5.74) is 11.8. The number of hydrogen-bond acceptors (Lipinski definition) is 5. The largest absolute Gasteiger partial charge is 0.378 e. The van der Waals surface area contributed by atoms with Crippen molar-refractivity contribution in [1.29, 1.82) is 0 Å². The number of rotatable bonds is 18. The Morgan fingerprint density at radius 3 is 1.85 bits per heavy atom. The maximum atomic E-state index is 6.10. The molecule has 4 N–H and O–H groups in total. The van der Waals surface area contributed by atoms with Crippen molar-refractivity contribution in [2.24, 2.45) is 16.9 Å². The van der Waals surface area contributed by atoms with Crippen LogP contribution < -0.4 is 11.5 Å². The minimum absolute atomic E-state index is 0.0678. The van der Waals surface area contributed by atoms with Crippen LogP contribution in [0.1, 0.15) is 86.5 Å². The van der Waals surface area contributed by atoms with Gasteiger partial charge in [0.15, 0.2) is 0 Å². The molecule has 0 amide bonds. The van der Waals surface area contributed by atoms with Crippen molar-refractivity contribution in [2.75, 3.05) is 26.4 Å². The van der Waals surface area contributed by atoms with E-state index in [1.807, 2.05) is 13.8 Å². The van der Waals surface area contributed by atoms with Crippen molar-refractivity contribution in [3.05, 3.63) is 0 Å². The lowest BCUT2D eigenvalue weighted by molar-refractivity contribution is -0.0422. The number of hydrogen-bond donors (Lipinski definition) is 2. The first-order valence-electron chi connectivity index (χ1n) is 11.1. The first-order chi connectivity index (χ1) is 12.7. The van der Waals surface area contributed by atoms with E-state index < -0.39 is 0 Å². The zero-order chi connectivity index (χ0) is 20.7. The van der Waals surface area contributed by atoms with Gasteiger partial charge in [0.1, 0.15) is 0 Å². The zero-order valence-corrected chi connectivity index (χ0v) is 19.0. The summed E-state index contributed by atoms with van der Waals surface area (Å²) in [5.74, 6) is 0. The highest BCUT2D eigenvalue weighted by Crippen LogP contribution is 2.35. The number of unbranched alkanes of at least 4 members (excludes halogenated alkanes) is 1. The molecular formula is C22H48N2O3. The summed E-state index contributed by atoms with van der Waals surface area (Å²) in [5, 5.41) is 0. The van der Waals surface area contributed by atoms with Gasteiger partial charge in [-0.2, -0.15) is 0 Å². The van der Waals surface area contributed by atoms with Gasteiger partial charge in [-0.25, -0.2) is 0 Å². The van der Waals surface area contributed by atoms with Gasteiger partial charge in [-0.05, 0) is 58.8 Å². The molecule has 164 valence electrons. The molecule has 0 bridgehead atoms. The van der Waals surface area contributed by atoms with E-state index in [-0.39, 0.29) is 29.7 Å². The van der Waals surface area contributed by atoms with Gasteiger partial charge in [-0.1, -0.05) is 33.1 Å². The summed E-state index contributed by atoms with van der Waals surface area (Å²) in [7, 11) is 0. The summed E-state index contributed by atoms with van der Waals surface area (Å²) in [6, 6.07) is 0.171. The summed E-state index contributed by atoms with van der Waals surface area (Å²) < 4.78 is 17.6. The monoisotopic (exact) mass is 388 g/mol. The maximum Gasteiger partial charge on any atom is 0.0781 e. The van der Waals surface area contributed by atoms with Crippen molar-refractivity contribution in [1.82, 2.24) is 0 Å². The Bertz CT molecular complexity index is 314. The van der Waals surface area contributed by atoms with Crippen molar-refractivity contribution in [3.63, 3.8) is 0 Å². The van der Waals surface area contributed by atoms with E-state index in [9.17, 15) is 0 Å². The molecule has 5 heteroatoms. The molecule has 5 nitrogen and oxygen atoms in total. The van der Waals surface area contributed by atoms with Crippen molar-refractivity contribution in [2.45, 2.75) is 111 Å². The van der Waals surface area contributed by atoms with E-state index >= 15 is 0 Å². The Morgan fingerprint density at radius 2 is 1.33 bits per heavy atom. The summed E-state index contributed by atoms with van der Waals surface area (Å²) in [6.07, 6.45) is 8.64. The SMILES string of the molecule is CCCCC(CC)(CCCC(C)OCC(C)N)COCC(C)OCC(C)N. The fourth-order valence-corrected chi connectivity index (χ4v) is 3.25. The third-order valence-electron chi connectivity index (χ3n) is 5.18. The van der Waals surface area contributed by atoms with Gasteiger partial charge in [0.2, 0.25) is 0 Å². The topological polar surface area (TPSA) is 79.7 Å². The lowest BCUT2D eigenvalue weighted by atomic mass is 9.76. The Kier molecular flexibility index (Phi) is 15.6. The number of nitrogens with two attached hydrogens (primary N) is 2. The highest BCUT2D eigenvalue weighted by atomic mass is 16.5. The molecule has 0 radical (unpaired) electrons. The predicted molar refractivity (Wildman–Crippen MR) is 115 cm³/mol. The molecule has 0 aromatic rings. The highest BCUT2D eigenvalue weighted by molar-refractivity contribution is 4.78. The lowest BCUT2D eigenvalue weighted by Gasteiger charge is -2.34. The van der Waals surface area contributed by atoms with Gasteiger partial charge in [-0.3, -0.25) is 0 Å². The van der Waals surface area contributed by atoms with Crippen LogP contribution in [0, 0.1) is 5.41 Å². The second-order valence-electron chi connectivity index (χ2n) is 8.61. The van der Waals surface area contributed by atoms with Crippen LogP contribution in [0.15, 0.2) is 0 Å². The molecule has 0 fully saturated rings. The van der Waals surface area contributed by atoms with E-state index in [1.54, 1.807) is 0 Å². The normalized spacial score (nSPS) is 18.7. The van der Waals surface area contributed by atoms with Gasteiger partial charge in [0.05, 0.1) is 38.6 Å². The minimum atomic E-state index is 0.0678. The molecular weight excluding hydrogens is 340 g/mol. The Hall–Kier alpha value is -0.200. The van der Waals surface area contributed by atoms with Crippen LogP contribution in [0.4, 0.5) is 0 Å². The van der Waals surface area contributed by atoms with Gasteiger partial charge < -0.3 is 25.7 Å². The summed E-state index contributed by atoms with van der Waals surface area (Å²) in [4.78, 5) is 0. The maximum absolute atomic E-state index is 6.10. The summed E-state index contributed by atoms with van der Waals surface area (Å²) in [6.45, 7) is 15.4. The fourth-order valence-electron chi connectivity index (χ4n) is 3.25. The summed E-state index contributed by atoms with van der Waals surface area (Å²) >= 11 is 0. The lowest BCUT2D eigenvalue weighted by Crippen LogP contribution is -2.31. The molecule has 5 atom stereocenters. The van der Waals surface area contributed by atoms with Gasteiger partial charge in [0, 0.05) is 12.1 Å². The van der Waals surface area contributed by atoms with Crippen LogP contribution in [0.25, 0.3) is 0 Å². The molecule has 0 spiro atoms. The zero-order valence-electron chi connectivity index (χ0n) is 19.0. The van der Waals surface area contributed by atoms with E-state index in [4.69, 9.17) is 25.7 Å². The van der Waals surface area contributed by atoms with Gasteiger partial charge >= 0.3 is 0 Å². The molecule has 0 aromatic carbocycles. The first-order valence-corrected chi connectivity index (χ1v) is 11.1. The first kappa shape index (κ1) is 26.8. The molecule has 5 unspecified atom stereocenters. The van der Waals surface area contributed by atoms with Crippen molar-refractivity contribution < 1.29 is 14.2 Å². The molecule has 0 aliphatic carbocycles. The van der Waals surface area contributed by atoms with Crippen LogP contribution in [0.2, 0.25) is 0 Å². The van der Waals surface area contributed by atoms with Gasteiger partial charge in [-0.15, -0.1) is 0 Å². The second kappa shape index (κ2) is 15.7. The molecule has 0 aliphatic heterocycles. The number of ether oxygens (including phenoxy) is 3. The van der Waals surface area contributed by atoms with E-state index in [0.717, 1.165) is 25.9 Å². The average Bonchev–Trinajstić information content (AvgIpc) is 2.62. The predicted octanol–water partition coefficient (Wildman–Crippen LogP) is 4.26. The van der Waals surface area contributed by atoms with E-state index in [2.05, 4.69) is 27.7 Å². The van der Waals surface area contributed by atoms with Crippen LogP contribution in [-0.4, -0.2) is 50.7 Å². The van der Waals surface area contributed by atoms with Crippen molar-refractivity contribution >= 4 is 0 Å². The van der Waals surface area contributed by atoms with Crippen LogP contribution in [-0.2, 0) is 14.2 Å². The Morgan fingerprint density at radius 1 is 0.778 bits per heavy atom. The highest BCUT2D eigenvalue weighted by Gasteiger charge is 2.28. The standard InChI is InChI=1S/C22H48N2O3/c1-7-9-12-22(8-2,13-10-11-20(5)26-14-18(3)23)17-25-16-21(6)27-15-19(4)24/h18-21H,7-17,23-24H2,1-6H3. The van der Waals surface area contributed by atoms with Crippen LogP contribution in [0.3, 0.4) is 0 Å². The Balaban J connectivity index is 4.40. The van der Waals surface area contributed by atoms with Crippen LogP contribution in [0.5, 0.6) is 0 Å². The second-order valence-corrected chi connectivity index (χ2v) is 8.61. The third kappa shape index (κ3) is 14.5. The minimum Gasteiger partial charge on any atom is -0.378 e.